The molecule has 1 aromatic carbocycles. The first-order chi connectivity index (χ1) is 9.70. The van der Waals surface area contributed by atoms with Crippen molar-refractivity contribution >= 4 is 5.91 Å². The Morgan fingerprint density at radius 3 is 2.75 bits per heavy atom. The molecule has 0 saturated carbocycles. The first kappa shape index (κ1) is 15.0. The molecule has 4 heteroatoms. The third-order valence-electron chi connectivity index (χ3n) is 3.77. The molecular formula is C16H23NO3. The lowest BCUT2D eigenvalue weighted by Gasteiger charge is -2.18. The van der Waals surface area contributed by atoms with E-state index in [-0.39, 0.29) is 12.5 Å². The predicted octanol–water partition coefficient (Wildman–Crippen LogP) is 2.21. The fraction of sp³-hybridized carbons (Fsp3) is 0.562. The Bertz CT molecular complexity index is 424. The second kappa shape index (κ2) is 7.41. The number of hydrogen-bond acceptors (Lipinski definition) is 3. The summed E-state index contributed by atoms with van der Waals surface area (Å²) in [4.78, 5) is 14.0. The van der Waals surface area contributed by atoms with E-state index in [0.717, 1.165) is 44.4 Å². The lowest BCUT2D eigenvalue weighted by Crippen LogP contribution is -2.28. The number of aliphatic hydroxyl groups excluding tert-OH is 1. The summed E-state index contributed by atoms with van der Waals surface area (Å²) in [5.41, 5.74) is 1.49. The van der Waals surface area contributed by atoms with E-state index >= 15 is 0 Å². The van der Waals surface area contributed by atoms with E-state index in [0.29, 0.717) is 11.7 Å². The number of carbonyl (C=O) groups is 1. The normalized spacial score (nSPS) is 18.2. The zero-order chi connectivity index (χ0) is 14.4. The van der Waals surface area contributed by atoms with Crippen molar-refractivity contribution < 1.29 is 14.6 Å². The van der Waals surface area contributed by atoms with Crippen LogP contribution in [0.5, 0.6) is 0 Å². The molecule has 0 spiro atoms. The second-order valence-corrected chi connectivity index (χ2v) is 5.36. The number of benzene rings is 1. The maximum Gasteiger partial charge on any atom is 0.253 e. The fourth-order valence-electron chi connectivity index (χ4n) is 2.50. The minimum atomic E-state index is 0.00565. The lowest BCUT2D eigenvalue weighted by molar-refractivity contribution is 0.0763. The molecule has 1 unspecified atom stereocenters. The Labute approximate surface area is 120 Å². The molecule has 1 aromatic rings. The van der Waals surface area contributed by atoms with Crippen LogP contribution in [0.15, 0.2) is 24.3 Å². The number of carbonyl (C=O) groups excluding carboxylic acids is 1. The van der Waals surface area contributed by atoms with Gasteiger partial charge in [0.2, 0.25) is 0 Å². The molecule has 110 valence electrons. The van der Waals surface area contributed by atoms with E-state index in [1.165, 1.54) is 0 Å². The van der Waals surface area contributed by atoms with Crippen molar-refractivity contribution in [2.75, 3.05) is 20.2 Å². The summed E-state index contributed by atoms with van der Waals surface area (Å²) in [6.45, 7) is 1.64. The Morgan fingerprint density at radius 1 is 1.40 bits per heavy atom. The number of nitrogens with zero attached hydrogens (tertiary/aromatic N) is 1. The van der Waals surface area contributed by atoms with E-state index in [2.05, 4.69) is 0 Å². The topological polar surface area (TPSA) is 49.8 Å². The SMILES string of the molecule is CN(CCCC1CCCO1)C(=O)c1ccc(CO)cc1. The van der Waals surface area contributed by atoms with Crippen LogP contribution < -0.4 is 0 Å². The van der Waals surface area contributed by atoms with Gasteiger partial charge in [-0.15, -0.1) is 0 Å². The molecular weight excluding hydrogens is 254 g/mol. The third-order valence-corrected chi connectivity index (χ3v) is 3.77. The lowest BCUT2D eigenvalue weighted by atomic mass is 10.1. The maximum absolute atomic E-state index is 12.2. The predicted molar refractivity (Wildman–Crippen MR) is 77.5 cm³/mol. The van der Waals surface area contributed by atoms with Gasteiger partial charge < -0.3 is 14.7 Å². The van der Waals surface area contributed by atoms with Crippen LogP contribution in [0.3, 0.4) is 0 Å². The van der Waals surface area contributed by atoms with Gasteiger partial charge in [-0.2, -0.15) is 0 Å². The monoisotopic (exact) mass is 277 g/mol. The molecule has 4 nitrogen and oxygen atoms in total. The molecule has 1 fully saturated rings. The molecule has 1 heterocycles. The number of aliphatic hydroxyl groups is 1. The number of ether oxygens (including phenoxy) is 1. The third kappa shape index (κ3) is 4.05. The summed E-state index contributed by atoms with van der Waals surface area (Å²) < 4.78 is 5.58. The number of hydrogen-bond donors (Lipinski definition) is 1. The Morgan fingerprint density at radius 2 is 2.15 bits per heavy atom. The van der Waals surface area contributed by atoms with Gasteiger partial charge in [-0.05, 0) is 43.4 Å². The van der Waals surface area contributed by atoms with Gasteiger partial charge in [0.15, 0.2) is 0 Å². The van der Waals surface area contributed by atoms with Gasteiger partial charge in [-0.25, -0.2) is 0 Å². The first-order valence-corrected chi connectivity index (χ1v) is 7.27. The Balaban J connectivity index is 1.78. The quantitative estimate of drug-likeness (QED) is 0.867. The highest BCUT2D eigenvalue weighted by molar-refractivity contribution is 5.94. The van der Waals surface area contributed by atoms with Crippen LogP contribution in [-0.2, 0) is 11.3 Å². The summed E-state index contributed by atoms with van der Waals surface area (Å²) in [7, 11) is 1.83. The Kier molecular flexibility index (Phi) is 5.56. The van der Waals surface area contributed by atoms with Crippen LogP contribution in [0.4, 0.5) is 0 Å². The smallest absolute Gasteiger partial charge is 0.253 e. The summed E-state index contributed by atoms with van der Waals surface area (Å²) in [5, 5.41) is 8.99. The van der Waals surface area contributed by atoms with Gasteiger partial charge in [0.1, 0.15) is 0 Å². The molecule has 1 aliphatic heterocycles. The van der Waals surface area contributed by atoms with E-state index < -0.39 is 0 Å². The molecule has 1 N–H and O–H groups in total. The molecule has 2 rings (SSSR count). The molecule has 20 heavy (non-hydrogen) atoms. The van der Waals surface area contributed by atoms with Gasteiger partial charge >= 0.3 is 0 Å². The highest BCUT2D eigenvalue weighted by Gasteiger charge is 2.16. The van der Waals surface area contributed by atoms with Crippen LogP contribution in [0.2, 0.25) is 0 Å². The van der Waals surface area contributed by atoms with Crippen molar-refractivity contribution in [1.29, 1.82) is 0 Å². The van der Waals surface area contributed by atoms with Gasteiger partial charge in [0, 0.05) is 25.8 Å². The molecule has 0 aliphatic carbocycles. The highest BCUT2D eigenvalue weighted by Crippen LogP contribution is 2.17. The van der Waals surface area contributed by atoms with E-state index in [9.17, 15) is 4.79 Å². The van der Waals surface area contributed by atoms with Gasteiger partial charge in [0.25, 0.3) is 5.91 Å². The molecule has 1 aliphatic rings. The van der Waals surface area contributed by atoms with Crippen LogP contribution in [-0.4, -0.2) is 42.2 Å². The zero-order valence-electron chi connectivity index (χ0n) is 12.0. The van der Waals surface area contributed by atoms with Crippen molar-refractivity contribution in [3.63, 3.8) is 0 Å². The fourth-order valence-corrected chi connectivity index (χ4v) is 2.50. The molecule has 0 radical (unpaired) electrons. The summed E-state index contributed by atoms with van der Waals surface area (Å²) in [6, 6.07) is 7.11. The van der Waals surface area contributed by atoms with Gasteiger partial charge in [-0.3, -0.25) is 4.79 Å². The second-order valence-electron chi connectivity index (χ2n) is 5.36. The molecule has 0 aromatic heterocycles. The standard InChI is InChI=1S/C16H23NO3/c1-17(10-2-4-15-5-3-11-20-15)16(19)14-8-6-13(12-18)7-9-14/h6-9,15,18H,2-5,10-12H2,1H3. The highest BCUT2D eigenvalue weighted by atomic mass is 16.5. The maximum atomic E-state index is 12.2. The van der Waals surface area contributed by atoms with Crippen molar-refractivity contribution in [3.05, 3.63) is 35.4 Å². The number of amides is 1. The zero-order valence-corrected chi connectivity index (χ0v) is 12.0. The van der Waals surface area contributed by atoms with Crippen LogP contribution in [0.1, 0.15) is 41.6 Å². The molecule has 1 amide bonds. The van der Waals surface area contributed by atoms with Crippen molar-refractivity contribution in [2.45, 2.75) is 38.4 Å². The average molecular weight is 277 g/mol. The van der Waals surface area contributed by atoms with Crippen LogP contribution >= 0.6 is 0 Å². The van der Waals surface area contributed by atoms with Gasteiger partial charge in [-0.1, -0.05) is 12.1 Å². The number of rotatable bonds is 6. The van der Waals surface area contributed by atoms with Crippen molar-refractivity contribution in [3.8, 4) is 0 Å². The van der Waals surface area contributed by atoms with Crippen LogP contribution in [0.25, 0.3) is 0 Å². The average Bonchev–Trinajstić information content (AvgIpc) is 2.99. The summed E-state index contributed by atoms with van der Waals surface area (Å²) in [5.74, 6) is 0.0295. The minimum absolute atomic E-state index is 0.00565. The largest absolute Gasteiger partial charge is 0.392 e. The Hall–Kier alpha value is -1.39. The molecule has 0 bridgehead atoms. The van der Waals surface area contributed by atoms with Crippen molar-refractivity contribution in [1.82, 2.24) is 4.90 Å². The van der Waals surface area contributed by atoms with E-state index in [4.69, 9.17) is 9.84 Å². The summed E-state index contributed by atoms with van der Waals surface area (Å²) >= 11 is 0. The molecule has 1 saturated heterocycles. The van der Waals surface area contributed by atoms with E-state index in [1.807, 2.05) is 7.05 Å². The molecule has 1 atom stereocenters. The van der Waals surface area contributed by atoms with Crippen LogP contribution in [0, 0.1) is 0 Å². The van der Waals surface area contributed by atoms with E-state index in [1.54, 1.807) is 29.2 Å². The van der Waals surface area contributed by atoms with Gasteiger partial charge in [0.05, 0.1) is 12.7 Å². The summed E-state index contributed by atoms with van der Waals surface area (Å²) in [6.07, 6.45) is 4.71. The minimum Gasteiger partial charge on any atom is -0.392 e. The first-order valence-electron chi connectivity index (χ1n) is 7.27. The van der Waals surface area contributed by atoms with Crippen molar-refractivity contribution in [2.24, 2.45) is 0 Å².